The number of hydrogen-bond acceptors (Lipinski definition) is 7. The maximum absolute atomic E-state index is 12.4. The van der Waals surface area contributed by atoms with Gasteiger partial charge >= 0.3 is 5.97 Å². The van der Waals surface area contributed by atoms with Crippen molar-refractivity contribution in [3.8, 4) is 5.75 Å². The highest BCUT2D eigenvalue weighted by molar-refractivity contribution is 6.04. The number of hydrogen-bond donors (Lipinski definition) is 1. The van der Waals surface area contributed by atoms with Crippen molar-refractivity contribution in [3.05, 3.63) is 69.4 Å². The van der Waals surface area contributed by atoms with Crippen LogP contribution in [0.1, 0.15) is 66.4 Å². The van der Waals surface area contributed by atoms with Crippen LogP contribution in [-0.2, 0) is 11.3 Å². The molecule has 8 heteroatoms. The SMILES string of the molecule is CC(=O)c1c(C)[nH]c(C(=O)COC(=O)c2ccc(OCc3c(C)noc3C)cc2)c1C. The lowest BCUT2D eigenvalue weighted by atomic mass is 10.1. The van der Waals surface area contributed by atoms with E-state index in [1.165, 1.54) is 6.92 Å². The number of ketones is 2. The zero-order chi connectivity index (χ0) is 22.7. The molecule has 0 aliphatic rings. The molecule has 0 bridgehead atoms. The molecule has 2 aromatic heterocycles. The number of aromatic amines is 1. The maximum Gasteiger partial charge on any atom is 0.338 e. The predicted molar refractivity (Wildman–Crippen MR) is 112 cm³/mol. The van der Waals surface area contributed by atoms with E-state index in [9.17, 15) is 14.4 Å². The van der Waals surface area contributed by atoms with Crippen LogP contribution in [-0.4, -0.2) is 34.3 Å². The van der Waals surface area contributed by atoms with E-state index in [0.717, 1.165) is 11.3 Å². The quantitative estimate of drug-likeness (QED) is 0.429. The van der Waals surface area contributed by atoms with E-state index >= 15 is 0 Å². The molecule has 0 amide bonds. The molecule has 0 unspecified atom stereocenters. The number of aryl methyl sites for hydroxylation is 3. The highest BCUT2D eigenvalue weighted by Crippen LogP contribution is 2.20. The van der Waals surface area contributed by atoms with E-state index in [4.69, 9.17) is 14.0 Å². The number of H-pyrrole nitrogens is 1. The van der Waals surface area contributed by atoms with Gasteiger partial charge in [0.05, 0.1) is 22.5 Å². The van der Waals surface area contributed by atoms with E-state index in [0.29, 0.717) is 40.5 Å². The molecule has 162 valence electrons. The molecular formula is C23H24N2O6. The van der Waals surface area contributed by atoms with Gasteiger partial charge in [-0.2, -0.15) is 0 Å². The van der Waals surface area contributed by atoms with E-state index in [1.54, 1.807) is 38.1 Å². The number of aromatic nitrogens is 2. The summed E-state index contributed by atoms with van der Waals surface area (Å²) in [5.41, 5.74) is 3.88. The number of nitrogens with zero attached hydrogens (tertiary/aromatic N) is 1. The Hall–Kier alpha value is -3.68. The second kappa shape index (κ2) is 8.99. The molecule has 1 aromatic carbocycles. The summed E-state index contributed by atoms with van der Waals surface area (Å²) in [5.74, 6) is 0.116. The average molecular weight is 424 g/mol. The van der Waals surface area contributed by atoms with Gasteiger partial charge in [0.1, 0.15) is 18.1 Å². The van der Waals surface area contributed by atoms with Crippen molar-refractivity contribution >= 4 is 17.5 Å². The minimum absolute atomic E-state index is 0.126. The summed E-state index contributed by atoms with van der Waals surface area (Å²) in [6.45, 7) is 8.39. The fourth-order valence-electron chi connectivity index (χ4n) is 3.39. The van der Waals surface area contributed by atoms with E-state index in [1.807, 2.05) is 13.8 Å². The Balaban J connectivity index is 1.58. The van der Waals surface area contributed by atoms with Crippen LogP contribution in [0.4, 0.5) is 0 Å². The number of Topliss-reactive ketones (excluding diaryl/α,β-unsaturated/α-hetero) is 2. The van der Waals surface area contributed by atoms with Crippen molar-refractivity contribution in [2.75, 3.05) is 6.61 Å². The van der Waals surface area contributed by atoms with E-state index in [2.05, 4.69) is 10.1 Å². The van der Waals surface area contributed by atoms with Crippen LogP contribution in [0.25, 0.3) is 0 Å². The zero-order valence-corrected chi connectivity index (χ0v) is 18.1. The van der Waals surface area contributed by atoms with Crippen LogP contribution in [0.5, 0.6) is 5.75 Å². The second-order valence-electron chi connectivity index (χ2n) is 7.30. The average Bonchev–Trinajstić information content (AvgIpc) is 3.22. The number of carbonyl (C=O) groups is 3. The van der Waals surface area contributed by atoms with Gasteiger partial charge in [-0.25, -0.2) is 4.79 Å². The normalized spacial score (nSPS) is 10.7. The van der Waals surface area contributed by atoms with E-state index in [-0.39, 0.29) is 11.5 Å². The summed E-state index contributed by atoms with van der Waals surface area (Å²) in [6, 6.07) is 6.42. The maximum atomic E-state index is 12.4. The monoisotopic (exact) mass is 424 g/mol. The van der Waals surface area contributed by atoms with Crippen LogP contribution in [0.3, 0.4) is 0 Å². The smallest absolute Gasteiger partial charge is 0.338 e. The molecular weight excluding hydrogens is 400 g/mol. The van der Waals surface area contributed by atoms with Gasteiger partial charge in [0, 0.05) is 11.3 Å². The molecule has 0 atom stereocenters. The van der Waals surface area contributed by atoms with Crippen molar-refractivity contribution in [2.45, 2.75) is 41.2 Å². The first-order chi connectivity index (χ1) is 14.7. The molecule has 0 fully saturated rings. The standard InChI is InChI=1S/C23H24N2O6/c1-12-21(15(4)26)14(3)24-22(12)20(27)11-30-23(28)17-6-8-18(9-7-17)29-10-19-13(2)25-31-16(19)5/h6-9,24H,10-11H2,1-5H3. The topological polar surface area (TPSA) is 111 Å². The van der Waals surface area contributed by atoms with Gasteiger partial charge < -0.3 is 19.0 Å². The van der Waals surface area contributed by atoms with Gasteiger partial charge in [0.2, 0.25) is 5.78 Å². The first kappa shape index (κ1) is 22.0. The lowest BCUT2D eigenvalue weighted by Crippen LogP contribution is -2.15. The minimum Gasteiger partial charge on any atom is -0.489 e. The molecule has 1 N–H and O–H groups in total. The Morgan fingerprint density at radius 3 is 2.29 bits per heavy atom. The molecule has 8 nitrogen and oxygen atoms in total. The van der Waals surface area contributed by atoms with Crippen LogP contribution in [0.2, 0.25) is 0 Å². The van der Waals surface area contributed by atoms with Gasteiger partial charge in [-0.05, 0) is 64.4 Å². The van der Waals surface area contributed by atoms with Gasteiger partial charge in [0.15, 0.2) is 12.4 Å². The first-order valence-corrected chi connectivity index (χ1v) is 9.74. The summed E-state index contributed by atoms with van der Waals surface area (Å²) in [6.07, 6.45) is 0. The lowest BCUT2D eigenvalue weighted by Gasteiger charge is -2.07. The highest BCUT2D eigenvalue weighted by Gasteiger charge is 2.21. The van der Waals surface area contributed by atoms with Gasteiger partial charge in [-0.3, -0.25) is 9.59 Å². The summed E-state index contributed by atoms with van der Waals surface area (Å²) in [5, 5.41) is 3.88. The lowest BCUT2D eigenvalue weighted by molar-refractivity contribution is 0.0473. The molecule has 0 radical (unpaired) electrons. The third-order valence-electron chi connectivity index (χ3n) is 5.06. The number of rotatable bonds is 8. The van der Waals surface area contributed by atoms with Crippen LogP contribution in [0, 0.1) is 27.7 Å². The first-order valence-electron chi connectivity index (χ1n) is 9.74. The highest BCUT2D eigenvalue weighted by atomic mass is 16.5. The fraction of sp³-hybridized carbons (Fsp3) is 0.304. The van der Waals surface area contributed by atoms with Crippen molar-refractivity contribution in [1.82, 2.24) is 10.1 Å². The Morgan fingerprint density at radius 2 is 1.74 bits per heavy atom. The number of esters is 1. The predicted octanol–water partition coefficient (Wildman–Crippen LogP) is 4.06. The third kappa shape index (κ3) is 4.74. The Labute approximate surface area is 179 Å². The Kier molecular flexibility index (Phi) is 6.39. The van der Waals surface area contributed by atoms with Crippen LogP contribution in [0.15, 0.2) is 28.8 Å². The van der Waals surface area contributed by atoms with Gasteiger partial charge in [-0.1, -0.05) is 5.16 Å². The number of carbonyl (C=O) groups excluding carboxylic acids is 3. The van der Waals surface area contributed by atoms with Crippen molar-refractivity contribution < 1.29 is 28.4 Å². The van der Waals surface area contributed by atoms with Crippen LogP contribution < -0.4 is 4.74 Å². The third-order valence-corrected chi connectivity index (χ3v) is 5.06. The molecule has 31 heavy (non-hydrogen) atoms. The minimum atomic E-state index is -0.627. The molecule has 2 heterocycles. The van der Waals surface area contributed by atoms with Crippen molar-refractivity contribution in [1.29, 1.82) is 0 Å². The fourth-order valence-corrected chi connectivity index (χ4v) is 3.39. The Morgan fingerprint density at radius 1 is 1.06 bits per heavy atom. The van der Waals surface area contributed by atoms with Crippen molar-refractivity contribution in [2.24, 2.45) is 0 Å². The summed E-state index contributed by atoms with van der Waals surface area (Å²) in [7, 11) is 0. The van der Waals surface area contributed by atoms with Gasteiger partial charge in [-0.15, -0.1) is 0 Å². The zero-order valence-electron chi connectivity index (χ0n) is 18.1. The summed E-state index contributed by atoms with van der Waals surface area (Å²) in [4.78, 5) is 39.4. The molecule has 0 aliphatic carbocycles. The molecule has 0 spiro atoms. The number of ether oxygens (including phenoxy) is 2. The molecule has 3 aromatic rings. The number of benzene rings is 1. The molecule has 0 saturated carbocycles. The van der Waals surface area contributed by atoms with Gasteiger partial charge in [0.25, 0.3) is 0 Å². The van der Waals surface area contributed by atoms with Crippen LogP contribution >= 0.6 is 0 Å². The van der Waals surface area contributed by atoms with E-state index < -0.39 is 18.4 Å². The largest absolute Gasteiger partial charge is 0.489 e. The summed E-state index contributed by atoms with van der Waals surface area (Å²) < 4.78 is 16.0. The molecule has 3 rings (SSSR count). The number of nitrogens with one attached hydrogen (secondary N) is 1. The summed E-state index contributed by atoms with van der Waals surface area (Å²) >= 11 is 0. The van der Waals surface area contributed by atoms with Crippen molar-refractivity contribution in [3.63, 3.8) is 0 Å². The second-order valence-corrected chi connectivity index (χ2v) is 7.30. The molecule has 0 aliphatic heterocycles. The molecule has 0 saturated heterocycles. The Bertz CT molecular complexity index is 1120.